The summed E-state index contributed by atoms with van der Waals surface area (Å²) < 4.78 is 26.8. The first-order chi connectivity index (χ1) is 22.9. The first kappa shape index (κ1) is 29.9. The van der Waals surface area contributed by atoms with Crippen LogP contribution in [0.2, 0.25) is 0 Å². The van der Waals surface area contributed by atoms with Crippen molar-refractivity contribution in [3.05, 3.63) is 54.4 Å². The van der Waals surface area contributed by atoms with E-state index in [0.717, 1.165) is 88.0 Å². The number of hydrogen-bond donors (Lipinski definition) is 0. The number of likely N-dealkylation sites (tertiary alicyclic amines) is 2. The van der Waals surface area contributed by atoms with E-state index < -0.39 is 0 Å². The Balaban J connectivity index is 0.870. The topological polar surface area (TPSA) is 79.7 Å². The van der Waals surface area contributed by atoms with E-state index >= 15 is 0 Å². The van der Waals surface area contributed by atoms with Gasteiger partial charge in [-0.1, -0.05) is 13.8 Å². The maximum atomic E-state index is 14.6. The minimum atomic E-state index is -0.308. The highest BCUT2D eigenvalue weighted by molar-refractivity contribution is 5.74. The summed E-state index contributed by atoms with van der Waals surface area (Å²) in [6.07, 6.45) is 11.2. The summed E-state index contributed by atoms with van der Waals surface area (Å²) in [5.41, 5.74) is 3.05. The van der Waals surface area contributed by atoms with E-state index in [2.05, 4.69) is 48.7 Å². The van der Waals surface area contributed by atoms with Crippen molar-refractivity contribution >= 4 is 5.82 Å². The summed E-state index contributed by atoms with van der Waals surface area (Å²) in [6.45, 7) is 13.4. The number of rotatable bonds is 9. The molecule has 0 bridgehead atoms. The van der Waals surface area contributed by atoms with Gasteiger partial charge in [0, 0.05) is 92.1 Å². The molecule has 10 heteroatoms. The second-order valence-corrected chi connectivity index (χ2v) is 15.8. The van der Waals surface area contributed by atoms with Gasteiger partial charge in [0.15, 0.2) is 5.82 Å². The fourth-order valence-corrected chi connectivity index (χ4v) is 9.72. The maximum absolute atomic E-state index is 14.6. The molecule has 4 aliphatic heterocycles. The Bertz CT molecular complexity index is 1610. The first-order valence-electron chi connectivity index (χ1n) is 17.8. The highest BCUT2D eigenvalue weighted by Crippen LogP contribution is 2.50. The van der Waals surface area contributed by atoms with E-state index in [1.165, 1.54) is 50.0 Å². The molecule has 9 nitrogen and oxygen atoms in total. The van der Waals surface area contributed by atoms with E-state index in [1.54, 1.807) is 6.07 Å². The second-order valence-electron chi connectivity index (χ2n) is 15.8. The fourth-order valence-electron chi connectivity index (χ4n) is 9.72. The largest absolute Gasteiger partial charge is 0.434 e. The number of aromatic nitrogens is 4. The second kappa shape index (κ2) is 11.7. The van der Waals surface area contributed by atoms with Crippen LogP contribution in [0.3, 0.4) is 0 Å². The van der Waals surface area contributed by atoms with Gasteiger partial charge in [-0.2, -0.15) is 0 Å². The molecule has 1 spiro atoms. The van der Waals surface area contributed by atoms with Crippen molar-refractivity contribution in [3.63, 3.8) is 0 Å². The Morgan fingerprint density at radius 1 is 1.02 bits per heavy atom. The third-order valence-electron chi connectivity index (χ3n) is 12.2. The van der Waals surface area contributed by atoms with Gasteiger partial charge in [-0.15, -0.1) is 10.2 Å². The zero-order valence-corrected chi connectivity index (χ0v) is 27.6. The molecule has 0 N–H and O–H groups in total. The number of halogens is 1. The molecule has 0 radical (unpaired) electrons. The summed E-state index contributed by atoms with van der Waals surface area (Å²) in [5, 5.41) is 8.48. The highest BCUT2D eigenvalue weighted by atomic mass is 19.1. The Morgan fingerprint density at radius 3 is 2.60 bits per heavy atom. The van der Waals surface area contributed by atoms with Gasteiger partial charge in [-0.05, 0) is 79.7 Å². The third kappa shape index (κ3) is 5.50. The van der Waals surface area contributed by atoms with Crippen molar-refractivity contribution in [2.24, 2.45) is 29.1 Å². The van der Waals surface area contributed by atoms with Crippen LogP contribution < -0.4 is 9.64 Å². The van der Waals surface area contributed by atoms with Crippen molar-refractivity contribution in [2.45, 2.75) is 64.0 Å². The monoisotopic (exact) mass is 639 g/mol. The quantitative estimate of drug-likeness (QED) is 0.296. The average Bonchev–Trinajstić information content (AvgIpc) is 3.42. The van der Waals surface area contributed by atoms with Crippen molar-refractivity contribution in [1.82, 2.24) is 30.0 Å². The number of fused-ring (bicyclic) bond motifs is 1. The average molecular weight is 640 g/mol. The molecule has 248 valence electrons. The number of pyridine rings is 1. The van der Waals surface area contributed by atoms with Gasteiger partial charge in [0.1, 0.15) is 17.9 Å². The van der Waals surface area contributed by atoms with Crippen LogP contribution >= 0.6 is 0 Å². The molecule has 4 saturated heterocycles. The molecule has 1 aromatic carbocycles. The van der Waals surface area contributed by atoms with Crippen LogP contribution in [0.5, 0.6) is 11.6 Å². The van der Waals surface area contributed by atoms with Gasteiger partial charge in [0.25, 0.3) is 5.88 Å². The van der Waals surface area contributed by atoms with E-state index in [4.69, 9.17) is 9.47 Å². The number of benzene rings is 1. The molecular weight excluding hydrogens is 593 g/mol. The molecule has 2 aromatic heterocycles. The first-order valence-corrected chi connectivity index (χ1v) is 17.8. The zero-order chi connectivity index (χ0) is 31.7. The summed E-state index contributed by atoms with van der Waals surface area (Å²) >= 11 is 0. The van der Waals surface area contributed by atoms with Gasteiger partial charge in [-0.3, -0.25) is 14.8 Å². The number of ether oxygens (including phenoxy) is 2. The molecule has 3 atom stereocenters. The van der Waals surface area contributed by atoms with Crippen LogP contribution in [0, 0.1) is 34.9 Å². The minimum Gasteiger partial charge on any atom is -0.434 e. The third-order valence-corrected chi connectivity index (χ3v) is 12.2. The Labute approximate surface area is 276 Å². The summed E-state index contributed by atoms with van der Waals surface area (Å²) in [5.74, 6) is 4.78. The van der Waals surface area contributed by atoms with Crippen LogP contribution in [-0.4, -0.2) is 94.5 Å². The molecule has 6 heterocycles. The Hall–Kier alpha value is -3.21. The van der Waals surface area contributed by atoms with Crippen molar-refractivity contribution < 1.29 is 13.9 Å². The molecule has 2 aliphatic carbocycles. The zero-order valence-electron chi connectivity index (χ0n) is 27.6. The van der Waals surface area contributed by atoms with Crippen molar-refractivity contribution in [1.29, 1.82) is 0 Å². The standard InChI is InChI=1S/C37H46FN7O2/c1-23(2)34(25-11-29(12-25)44-15-26-17-46-18-27(26)16-44)45-20-37(21-45)8-10-43(19-37)35-36(42-41-22-40-35)47-33-6-5-28(38)13-31(33)32-14-39-9-7-30(32)24-3-4-24/h5-7,9,13-14,22-27,29,34H,3-4,8,10-12,15-21H2,1-2H3/t25?,26-,27+,29?,34?. The summed E-state index contributed by atoms with van der Waals surface area (Å²) in [7, 11) is 0. The van der Waals surface area contributed by atoms with Gasteiger partial charge in [0.2, 0.25) is 0 Å². The molecule has 1 unspecified atom stereocenters. The molecule has 6 fully saturated rings. The number of nitrogens with zero attached hydrogens (tertiary/aromatic N) is 7. The van der Waals surface area contributed by atoms with Crippen molar-refractivity contribution in [2.75, 3.05) is 57.4 Å². The lowest BCUT2D eigenvalue weighted by Crippen LogP contribution is -2.65. The lowest BCUT2D eigenvalue weighted by Gasteiger charge is -2.57. The van der Waals surface area contributed by atoms with Crippen LogP contribution in [0.25, 0.3) is 11.1 Å². The van der Waals surface area contributed by atoms with E-state index in [-0.39, 0.29) is 11.2 Å². The van der Waals surface area contributed by atoms with Crippen LogP contribution in [-0.2, 0) is 4.74 Å². The molecule has 2 saturated carbocycles. The van der Waals surface area contributed by atoms with E-state index in [9.17, 15) is 4.39 Å². The van der Waals surface area contributed by atoms with Crippen LogP contribution in [0.4, 0.5) is 10.2 Å². The van der Waals surface area contributed by atoms with Crippen LogP contribution in [0.1, 0.15) is 57.4 Å². The predicted molar refractivity (Wildman–Crippen MR) is 177 cm³/mol. The van der Waals surface area contributed by atoms with Gasteiger partial charge < -0.3 is 14.4 Å². The smallest absolute Gasteiger partial charge is 0.282 e. The predicted octanol–water partition coefficient (Wildman–Crippen LogP) is 5.64. The molecule has 9 rings (SSSR count). The molecule has 47 heavy (non-hydrogen) atoms. The molecule has 3 aromatic rings. The highest BCUT2D eigenvalue weighted by Gasteiger charge is 2.54. The van der Waals surface area contributed by atoms with Gasteiger partial charge in [-0.25, -0.2) is 9.37 Å². The lowest BCUT2D eigenvalue weighted by molar-refractivity contribution is -0.0792. The lowest BCUT2D eigenvalue weighted by atomic mass is 9.68. The molecule has 6 aliphatic rings. The molecule has 0 amide bonds. The summed E-state index contributed by atoms with van der Waals surface area (Å²) in [4.78, 5) is 16.9. The number of anilines is 1. The van der Waals surface area contributed by atoms with Crippen molar-refractivity contribution in [3.8, 4) is 22.8 Å². The summed E-state index contributed by atoms with van der Waals surface area (Å²) in [6, 6.07) is 8.13. The maximum Gasteiger partial charge on any atom is 0.282 e. The Kier molecular flexibility index (Phi) is 7.47. The number of hydrogen-bond acceptors (Lipinski definition) is 9. The van der Waals surface area contributed by atoms with E-state index in [0.29, 0.717) is 40.9 Å². The van der Waals surface area contributed by atoms with Crippen LogP contribution in [0.15, 0.2) is 43.0 Å². The SMILES string of the molecule is CC(C)C(C1CC(N2C[C@H]3COC[C@H]3C2)C1)N1CC2(CCN(c3ncnnc3Oc3ccc(F)cc3-c3cnccc3C3CC3)C2)C1. The molecular formula is C37H46FN7O2. The minimum absolute atomic E-state index is 0.265. The van der Waals surface area contributed by atoms with Gasteiger partial charge >= 0.3 is 0 Å². The van der Waals surface area contributed by atoms with Gasteiger partial charge in [0.05, 0.1) is 13.2 Å². The normalized spacial score (nSPS) is 29.2. The fraction of sp³-hybridized carbons (Fsp3) is 0.622. The van der Waals surface area contributed by atoms with E-state index in [1.807, 2.05) is 18.5 Å². The Morgan fingerprint density at radius 2 is 1.83 bits per heavy atom.